The van der Waals surface area contributed by atoms with Gasteiger partial charge in [-0.3, -0.25) is 0 Å². The first kappa shape index (κ1) is 6.40. The van der Waals surface area contributed by atoms with Gasteiger partial charge in [-0.1, -0.05) is 0 Å². The fourth-order valence-electron chi connectivity index (χ4n) is 1.18. The van der Waals surface area contributed by atoms with E-state index in [4.69, 9.17) is 0 Å². The van der Waals surface area contributed by atoms with Gasteiger partial charge in [-0.2, -0.15) is 0 Å². The molecule has 0 fully saturated rings. The first-order valence-corrected chi connectivity index (χ1v) is 2.97. The lowest BCUT2D eigenvalue weighted by Crippen LogP contribution is -1.87. The van der Waals surface area contributed by atoms with Crippen molar-refractivity contribution in [3.8, 4) is 0 Å². The zero-order valence-electron chi connectivity index (χ0n) is 4.67. The second kappa shape index (κ2) is 2.25. The monoisotopic (exact) mass is 122 g/mol. The number of aryl methyl sites for hydroxylation is 2. The lowest BCUT2D eigenvalue weighted by Gasteiger charge is -1.88. The van der Waals surface area contributed by atoms with Crippen molar-refractivity contribution in [1.82, 2.24) is 9.55 Å². The number of nitrogens with zero attached hydrogens (tertiary/aromatic N) is 2. The molecule has 0 radical (unpaired) electrons. The maximum Gasteiger partial charge on any atom is 0.108 e. The Kier molecular flexibility index (Phi) is 1.60. The minimum absolute atomic E-state index is 0. The molecule has 1 aliphatic rings. The van der Waals surface area contributed by atoms with Gasteiger partial charge in [0.2, 0.25) is 0 Å². The molecule has 2 heterocycles. The van der Waals surface area contributed by atoms with Crippen molar-refractivity contribution in [3.63, 3.8) is 0 Å². The van der Waals surface area contributed by atoms with Gasteiger partial charge in [0.1, 0.15) is 5.82 Å². The lowest BCUT2D eigenvalue weighted by atomic mass is 10.4. The van der Waals surface area contributed by atoms with Crippen LogP contribution in [0.2, 0.25) is 0 Å². The summed E-state index contributed by atoms with van der Waals surface area (Å²) in [5.74, 6) is 1.25. The third-order valence-corrected chi connectivity index (χ3v) is 1.60. The Morgan fingerprint density at radius 1 is 1.56 bits per heavy atom. The van der Waals surface area contributed by atoms with Gasteiger partial charge < -0.3 is 4.57 Å². The summed E-state index contributed by atoms with van der Waals surface area (Å²) in [7, 11) is 0. The van der Waals surface area contributed by atoms with Crippen molar-refractivity contribution in [1.29, 1.82) is 0 Å². The summed E-state index contributed by atoms with van der Waals surface area (Å²) < 4.78 is 2.21. The first-order chi connectivity index (χ1) is 3.97. The molecule has 0 saturated heterocycles. The van der Waals surface area contributed by atoms with E-state index in [1.54, 1.807) is 0 Å². The summed E-state index contributed by atoms with van der Waals surface area (Å²) in [6, 6.07) is 0. The second-order valence-electron chi connectivity index (χ2n) is 2.14. The molecular formula is C6H11BN2. The van der Waals surface area contributed by atoms with E-state index in [2.05, 4.69) is 9.55 Å². The summed E-state index contributed by atoms with van der Waals surface area (Å²) in [6.45, 7) is 1.18. The van der Waals surface area contributed by atoms with Crippen LogP contribution in [0.3, 0.4) is 0 Å². The third kappa shape index (κ3) is 0.868. The van der Waals surface area contributed by atoms with Crippen LogP contribution in [0.15, 0.2) is 12.4 Å². The highest BCUT2D eigenvalue weighted by molar-refractivity contribution is 5.75. The molecule has 0 amide bonds. The van der Waals surface area contributed by atoms with Crippen LogP contribution < -0.4 is 0 Å². The number of fused-ring (bicyclic) bond motifs is 1. The smallest absolute Gasteiger partial charge is 0.108 e. The number of imidazole rings is 1. The molecule has 0 aliphatic carbocycles. The van der Waals surface area contributed by atoms with Crippen molar-refractivity contribution >= 4 is 8.41 Å². The SMILES string of the molecule is B.c1cn2c(n1)CCC2. The van der Waals surface area contributed by atoms with Gasteiger partial charge in [-0.05, 0) is 6.42 Å². The first-order valence-electron chi connectivity index (χ1n) is 2.97. The molecule has 1 aromatic heterocycles. The van der Waals surface area contributed by atoms with Crippen molar-refractivity contribution < 1.29 is 0 Å². The molecule has 0 atom stereocenters. The zero-order valence-corrected chi connectivity index (χ0v) is 4.67. The van der Waals surface area contributed by atoms with Gasteiger partial charge in [0, 0.05) is 25.4 Å². The van der Waals surface area contributed by atoms with Crippen LogP contribution in [0.1, 0.15) is 12.2 Å². The van der Waals surface area contributed by atoms with Crippen LogP contribution in [0.4, 0.5) is 0 Å². The van der Waals surface area contributed by atoms with Crippen LogP contribution in [0.25, 0.3) is 0 Å². The highest BCUT2D eigenvalue weighted by atomic mass is 15.1. The summed E-state index contributed by atoms with van der Waals surface area (Å²) in [6.07, 6.45) is 6.37. The van der Waals surface area contributed by atoms with E-state index >= 15 is 0 Å². The van der Waals surface area contributed by atoms with Crippen molar-refractivity contribution in [2.24, 2.45) is 0 Å². The summed E-state index contributed by atoms with van der Waals surface area (Å²) in [5, 5.41) is 0. The maximum absolute atomic E-state index is 4.16. The average molecular weight is 122 g/mol. The molecule has 0 spiro atoms. The van der Waals surface area contributed by atoms with Crippen LogP contribution >= 0.6 is 0 Å². The maximum atomic E-state index is 4.16. The van der Waals surface area contributed by atoms with E-state index in [1.807, 2.05) is 12.4 Å². The minimum Gasteiger partial charge on any atom is -0.335 e. The standard InChI is InChI=1S/C6H8N2.BH3/c1-2-6-7-3-5-8(6)4-1;/h3,5H,1-2,4H2;1H3. The van der Waals surface area contributed by atoms with Gasteiger partial charge in [0.15, 0.2) is 0 Å². The summed E-state index contributed by atoms with van der Waals surface area (Å²) in [4.78, 5) is 4.16. The molecule has 3 heteroatoms. The Morgan fingerprint density at radius 3 is 3.22 bits per heavy atom. The lowest BCUT2D eigenvalue weighted by molar-refractivity contribution is 0.750. The van der Waals surface area contributed by atoms with Gasteiger partial charge in [0.05, 0.1) is 8.41 Å². The van der Waals surface area contributed by atoms with Gasteiger partial charge in [-0.15, -0.1) is 0 Å². The fourth-order valence-corrected chi connectivity index (χ4v) is 1.18. The molecule has 2 nitrogen and oxygen atoms in total. The Labute approximate surface area is 56.5 Å². The summed E-state index contributed by atoms with van der Waals surface area (Å²) >= 11 is 0. The minimum atomic E-state index is 0. The molecule has 1 aliphatic heterocycles. The predicted octanol–water partition coefficient (Wildman–Crippen LogP) is -0.355. The Morgan fingerprint density at radius 2 is 2.44 bits per heavy atom. The van der Waals surface area contributed by atoms with E-state index in [-0.39, 0.29) is 8.41 Å². The molecule has 2 rings (SSSR count). The average Bonchev–Trinajstić information content (AvgIpc) is 2.15. The van der Waals surface area contributed by atoms with Crippen LogP contribution in [-0.2, 0) is 13.0 Å². The summed E-state index contributed by atoms with van der Waals surface area (Å²) in [5.41, 5.74) is 0. The van der Waals surface area contributed by atoms with Crippen molar-refractivity contribution in [2.45, 2.75) is 19.4 Å². The van der Waals surface area contributed by atoms with E-state index in [0.29, 0.717) is 0 Å². The van der Waals surface area contributed by atoms with Gasteiger partial charge in [0.25, 0.3) is 0 Å². The number of hydrogen-bond acceptors (Lipinski definition) is 1. The Hall–Kier alpha value is -0.725. The molecule has 0 unspecified atom stereocenters. The molecule has 0 saturated carbocycles. The van der Waals surface area contributed by atoms with Crippen LogP contribution in [0.5, 0.6) is 0 Å². The topological polar surface area (TPSA) is 17.8 Å². The molecule has 1 aromatic rings. The predicted molar refractivity (Wildman–Crippen MR) is 40.5 cm³/mol. The van der Waals surface area contributed by atoms with E-state index in [1.165, 1.54) is 25.2 Å². The quantitative estimate of drug-likeness (QED) is 0.430. The van der Waals surface area contributed by atoms with E-state index < -0.39 is 0 Å². The third-order valence-electron chi connectivity index (χ3n) is 1.60. The molecule has 0 N–H and O–H groups in total. The highest BCUT2D eigenvalue weighted by Crippen LogP contribution is 2.10. The van der Waals surface area contributed by atoms with Gasteiger partial charge in [-0.25, -0.2) is 4.98 Å². The van der Waals surface area contributed by atoms with Gasteiger partial charge >= 0.3 is 0 Å². The molecule has 9 heavy (non-hydrogen) atoms. The number of hydrogen-bond donors (Lipinski definition) is 0. The molecule has 48 valence electrons. The highest BCUT2D eigenvalue weighted by Gasteiger charge is 2.07. The normalized spacial score (nSPS) is 14.7. The Bertz CT molecular complexity index is 176. The van der Waals surface area contributed by atoms with Crippen LogP contribution in [0, 0.1) is 0 Å². The van der Waals surface area contributed by atoms with Crippen molar-refractivity contribution in [3.05, 3.63) is 18.2 Å². The van der Waals surface area contributed by atoms with E-state index in [0.717, 1.165) is 0 Å². The molecular weight excluding hydrogens is 111 g/mol. The molecule has 0 aromatic carbocycles. The van der Waals surface area contributed by atoms with Crippen LogP contribution in [-0.4, -0.2) is 18.0 Å². The largest absolute Gasteiger partial charge is 0.335 e. The zero-order chi connectivity index (χ0) is 5.40. The Balaban J connectivity index is 0.000000405. The molecule has 0 bridgehead atoms. The fraction of sp³-hybridized carbons (Fsp3) is 0.500. The second-order valence-corrected chi connectivity index (χ2v) is 2.14. The van der Waals surface area contributed by atoms with E-state index in [9.17, 15) is 0 Å². The number of rotatable bonds is 0. The number of aromatic nitrogens is 2. The van der Waals surface area contributed by atoms with Crippen molar-refractivity contribution in [2.75, 3.05) is 0 Å².